The highest BCUT2D eigenvalue weighted by Gasteiger charge is 2.29. The fourth-order valence-electron chi connectivity index (χ4n) is 1.41. The summed E-state index contributed by atoms with van der Waals surface area (Å²) in [4.78, 5) is 0. The minimum Gasteiger partial charge on any atom is -0.245 e. The summed E-state index contributed by atoms with van der Waals surface area (Å²) in [7, 11) is 2.15. The quantitative estimate of drug-likeness (QED) is 0.559. The lowest BCUT2D eigenvalue weighted by Crippen LogP contribution is -2.38. The second kappa shape index (κ2) is 4.27. The molecule has 0 aliphatic carbocycles. The second-order valence-electron chi connectivity index (χ2n) is 4.98. The Morgan fingerprint density at radius 1 is 1.17 bits per heavy atom. The van der Waals surface area contributed by atoms with Gasteiger partial charge >= 0.3 is 0 Å². The molecule has 0 rings (SSSR count). The molecule has 0 amide bonds. The van der Waals surface area contributed by atoms with E-state index in [9.17, 15) is 0 Å². The van der Waals surface area contributed by atoms with Crippen molar-refractivity contribution in [3.63, 3.8) is 0 Å². The van der Waals surface area contributed by atoms with Crippen LogP contribution in [0.4, 0.5) is 0 Å². The molecule has 12 heavy (non-hydrogen) atoms. The number of rotatable bonds is 4. The van der Waals surface area contributed by atoms with Crippen LogP contribution >= 0.6 is 22.9 Å². The first-order valence-electron chi connectivity index (χ1n) is 4.61. The Morgan fingerprint density at radius 2 is 1.58 bits per heavy atom. The van der Waals surface area contributed by atoms with Gasteiger partial charge in [-0.1, -0.05) is 27.2 Å². The van der Waals surface area contributed by atoms with Crippen molar-refractivity contribution in [3.05, 3.63) is 0 Å². The third-order valence-electron chi connectivity index (χ3n) is 2.70. The highest BCUT2D eigenvalue weighted by Crippen LogP contribution is 2.34. The van der Waals surface area contributed by atoms with Crippen molar-refractivity contribution < 1.29 is 0 Å². The normalized spacial score (nSPS) is 14.0. The van der Waals surface area contributed by atoms with Crippen molar-refractivity contribution in [2.24, 2.45) is 5.41 Å². The Hall–Kier alpha value is 0.690. The van der Waals surface area contributed by atoms with Gasteiger partial charge in [0.1, 0.15) is 0 Å². The standard InChI is InChI=1S/C10H22IN/c1-7-9(2,3)8-10(4,5)12(6)11/h7-8H2,1-6H3. The molecule has 74 valence electrons. The van der Waals surface area contributed by atoms with Crippen LogP contribution in [0.25, 0.3) is 0 Å². The molecule has 0 unspecified atom stereocenters. The van der Waals surface area contributed by atoms with Crippen molar-refractivity contribution in [3.8, 4) is 0 Å². The maximum Gasteiger partial charge on any atom is 0.0250 e. The molecule has 0 spiro atoms. The summed E-state index contributed by atoms with van der Waals surface area (Å²) in [5.74, 6) is 0. The van der Waals surface area contributed by atoms with Crippen LogP contribution in [0.5, 0.6) is 0 Å². The zero-order valence-electron chi connectivity index (χ0n) is 9.24. The fraction of sp³-hybridized carbons (Fsp3) is 1.00. The molecule has 0 aromatic heterocycles. The Labute approximate surface area is 91.4 Å². The lowest BCUT2D eigenvalue weighted by molar-refractivity contribution is 0.181. The molecule has 0 N–H and O–H groups in total. The summed E-state index contributed by atoms with van der Waals surface area (Å²) < 4.78 is 2.28. The minimum atomic E-state index is 0.306. The van der Waals surface area contributed by atoms with E-state index in [1.807, 2.05) is 0 Å². The largest absolute Gasteiger partial charge is 0.245 e. The predicted molar refractivity (Wildman–Crippen MR) is 64.6 cm³/mol. The first kappa shape index (κ1) is 12.7. The van der Waals surface area contributed by atoms with Gasteiger partial charge in [0.25, 0.3) is 0 Å². The van der Waals surface area contributed by atoms with Crippen LogP contribution in [-0.2, 0) is 0 Å². The maximum absolute atomic E-state index is 2.37. The average Bonchev–Trinajstić information content (AvgIpc) is 1.85. The zero-order valence-corrected chi connectivity index (χ0v) is 11.4. The molecule has 0 atom stereocenters. The van der Waals surface area contributed by atoms with Gasteiger partial charge in [-0.3, -0.25) is 0 Å². The SMILES string of the molecule is CCC(C)(C)CC(C)(C)N(C)I. The van der Waals surface area contributed by atoms with Gasteiger partial charge < -0.3 is 0 Å². The number of hydrogen-bond acceptors (Lipinski definition) is 1. The van der Waals surface area contributed by atoms with E-state index in [0.29, 0.717) is 11.0 Å². The molecule has 0 saturated carbocycles. The van der Waals surface area contributed by atoms with E-state index < -0.39 is 0 Å². The van der Waals surface area contributed by atoms with Crippen molar-refractivity contribution in [1.29, 1.82) is 0 Å². The first-order chi connectivity index (χ1) is 5.21. The predicted octanol–water partition coefficient (Wildman–Crippen LogP) is 3.87. The van der Waals surface area contributed by atoms with Gasteiger partial charge in [0.2, 0.25) is 0 Å². The van der Waals surface area contributed by atoms with E-state index in [1.54, 1.807) is 0 Å². The molecule has 0 radical (unpaired) electrons. The lowest BCUT2D eigenvalue weighted by Gasteiger charge is -2.38. The second-order valence-corrected chi connectivity index (χ2v) is 6.43. The molecule has 0 fully saturated rings. The summed E-state index contributed by atoms with van der Waals surface area (Å²) >= 11 is 2.37. The van der Waals surface area contributed by atoms with Gasteiger partial charge in [-0.15, -0.1) is 0 Å². The van der Waals surface area contributed by atoms with E-state index in [-0.39, 0.29) is 0 Å². The number of hydrogen-bond donors (Lipinski definition) is 0. The molecule has 2 heteroatoms. The third kappa shape index (κ3) is 4.08. The number of nitrogens with zero attached hydrogens (tertiary/aromatic N) is 1. The van der Waals surface area contributed by atoms with E-state index in [1.165, 1.54) is 12.8 Å². The van der Waals surface area contributed by atoms with Crippen molar-refractivity contribution >= 4 is 22.9 Å². The van der Waals surface area contributed by atoms with Crippen LogP contribution in [0, 0.1) is 5.41 Å². The van der Waals surface area contributed by atoms with E-state index >= 15 is 0 Å². The van der Waals surface area contributed by atoms with E-state index in [4.69, 9.17) is 0 Å². The van der Waals surface area contributed by atoms with Gasteiger partial charge in [-0.25, -0.2) is 3.11 Å². The van der Waals surface area contributed by atoms with E-state index in [2.05, 4.69) is 67.6 Å². The summed E-state index contributed by atoms with van der Waals surface area (Å²) in [6, 6.07) is 0. The Morgan fingerprint density at radius 3 is 1.83 bits per heavy atom. The smallest absolute Gasteiger partial charge is 0.0250 e. The Kier molecular flexibility index (Phi) is 4.51. The van der Waals surface area contributed by atoms with Gasteiger partial charge in [-0.05, 0) is 32.7 Å². The molecule has 0 aromatic rings. The van der Waals surface area contributed by atoms with Crippen LogP contribution in [0.2, 0.25) is 0 Å². The third-order valence-corrected chi connectivity index (χ3v) is 4.01. The summed E-state index contributed by atoms with van der Waals surface area (Å²) in [6.07, 6.45) is 2.50. The molecule has 0 bridgehead atoms. The van der Waals surface area contributed by atoms with Crippen molar-refractivity contribution in [2.45, 2.75) is 53.0 Å². The van der Waals surface area contributed by atoms with Crippen LogP contribution in [-0.4, -0.2) is 15.7 Å². The zero-order chi connectivity index (χ0) is 9.99. The van der Waals surface area contributed by atoms with E-state index in [0.717, 1.165) is 0 Å². The lowest BCUT2D eigenvalue weighted by atomic mass is 9.78. The van der Waals surface area contributed by atoms with Crippen LogP contribution in [0.15, 0.2) is 0 Å². The molecule has 0 heterocycles. The van der Waals surface area contributed by atoms with Crippen LogP contribution in [0.3, 0.4) is 0 Å². The minimum absolute atomic E-state index is 0.306. The van der Waals surface area contributed by atoms with Gasteiger partial charge in [0.05, 0.1) is 0 Å². The summed E-state index contributed by atoms with van der Waals surface area (Å²) in [5, 5.41) is 0. The highest BCUT2D eigenvalue weighted by molar-refractivity contribution is 14.1. The van der Waals surface area contributed by atoms with Crippen LogP contribution < -0.4 is 0 Å². The monoisotopic (exact) mass is 283 g/mol. The molecule has 0 aliphatic rings. The Balaban J connectivity index is 4.23. The molecular formula is C10H22IN. The fourth-order valence-corrected chi connectivity index (χ4v) is 1.58. The highest BCUT2D eigenvalue weighted by atomic mass is 127. The average molecular weight is 283 g/mol. The summed E-state index contributed by atoms with van der Waals surface area (Å²) in [5.41, 5.74) is 0.767. The molecule has 0 aliphatic heterocycles. The summed E-state index contributed by atoms with van der Waals surface area (Å²) in [6.45, 7) is 11.6. The number of halogens is 1. The van der Waals surface area contributed by atoms with Gasteiger partial charge in [0, 0.05) is 28.4 Å². The maximum atomic E-state index is 2.37. The van der Waals surface area contributed by atoms with Gasteiger partial charge in [0.15, 0.2) is 0 Å². The van der Waals surface area contributed by atoms with Crippen LogP contribution in [0.1, 0.15) is 47.5 Å². The molecule has 0 aromatic carbocycles. The molecule has 1 nitrogen and oxygen atoms in total. The Bertz CT molecular complexity index is 139. The van der Waals surface area contributed by atoms with Gasteiger partial charge in [-0.2, -0.15) is 0 Å². The first-order valence-corrected chi connectivity index (χ1v) is 5.57. The van der Waals surface area contributed by atoms with Crippen molar-refractivity contribution in [2.75, 3.05) is 7.05 Å². The molecular weight excluding hydrogens is 261 g/mol. The topological polar surface area (TPSA) is 3.24 Å². The molecule has 0 saturated heterocycles. The van der Waals surface area contributed by atoms with Crippen molar-refractivity contribution in [1.82, 2.24) is 3.11 Å².